The topological polar surface area (TPSA) is 51.2 Å². The molecular formula is C17H22N2O2S. The molecule has 2 rings (SSSR count). The van der Waals surface area contributed by atoms with E-state index in [9.17, 15) is 4.79 Å². The van der Waals surface area contributed by atoms with Crippen LogP contribution in [0.3, 0.4) is 0 Å². The number of methoxy groups -OCH3 is 1. The van der Waals surface area contributed by atoms with Crippen LogP contribution in [0.25, 0.3) is 0 Å². The molecule has 0 unspecified atom stereocenters. The van der Waals surface area contributed by atoms with Crippen LogP contribution in [0.2, 0.25) is 0 Å². The molecule has 0 aliphatic carbocycles. The molecule has 0 saturated carbocycles. The third-order valence-corrected chi connectivity index (χ3v) is 4.56. The minimum Gasteiger partial charge on any atom is -0.497 e. The third kappa shape index (κ3) is 4.56. The average molecular weight is 318 g/mol. The molecule has 2 aromatic rings. The maximum Gasteiger partial charge on any atom is 0.224 e. The van der Waals surface area contributed by atoms with Gasteiger partial charge in [0.1, 0.15) is 5.75 Å². The summed E-state index contributed by atoms with van der Waals surface area (Å²) in [5, 5.41) is 4.12. The number of nitrogens with zero attached hydrogens (tertiary/aromatic N) is 1. The van der Waals surface area contributed by atoms with Crippen molar-refractivity contribution in [2.75, 3.05) is 7.11 Å². The Balaban J connectivity index is 1.89. The zero-order valence-electron chi connectivity index (χ0n) is 13.3. The lowest BCUT2D eigenvalue weighted by Crippen LogP contribution is -2.24. The lowest BCUT2D eigenvalue weighted by atomic mass is 10.1. The van der Waals surface area contributed by atoms with Crippen LogP contribution < -0.4 is 10.1 Å². The molecule has 1 amide bonds. The molecule has 0 spiro atoms. The number of carbonyl (C=O) groups excluding carboxylic acids is 1. The summed E-state index contributed by atoms with van der Waals surface area (Å²) in [4.78, 5) is 17.7. The van der Waals surface area contributed by atoms with Crippen molar-refractivity contribution in [2.24, 2.45) is 0 Å². The van der Waals surface area contributed by atoms with Crippen molar-refractivity contribution >= 4 is 17.2 Å². The van der Waals surface area contributed by atoms with E-state index >= 15 is 0 Å². The van der Waals surface area contributed by atoms with Gasteiger partial charge in [0.05, 0.1) is 30.8 Å². The molecule has 0 atom stereocenters. The number of thiazole rings is 1. The Bertz CT molecular complexity index is 637. The number of ether oxygens (including phenoxy) is 1. The van der Waals surface area contributed by atoms with Crippen LogP contribution in [-0.2, 0) is 24.2 Å². The van der Waals surface area contributed by atoms with Crippen molar-refractivity contribution in [3.63, 3.8) is 0 Å². The van der Waals surface area contributed by atoms with Crippen molar-refractivity contribution in [1.82, 2.24) is 10.3 Å². The first-order valence-corrected chi connectivity index (χ1v) is 8.28. The van der Waals surface area contributed by atoms with E-state index in [-0.39, 0.29) is 5.91 Å². The van der Waals surface area contributed by atoms with Crippen LogP contribution in [0.15, 0.2) is 24.3 Å². The maximum absolute atomic E-state index is 12.1. The number of amides is 1. The predicted molar refractivity (Wildman–Crippen MR) is 89.4 cm³/mol. The number of benzene rings is 1. The van der Waals surface area contributed by atoms with Gasteiger partial charge in [0.2, 0.25) is 5.91 Å². The van der Waals surface area contributed by atoms with E-state index < -0.39 is 0 Å². The molecule has 0 fully saturated rings. The number of carbonyl (C=O) groups is 1. The summed E-state index contributed by atoms with van der Waals surface area (Å²) in [5.41, 5.74) is 1.97. The Hall–Kier alpha value is -1.88. The highest BCUT2D eigenvalue weighted by Crippen LogP contribution is 2.19. The van der Waals surface area contributed by atoms with Gasteiger partial charge in [-0.25, -0.2) is 4.98 Å². The van der Waals surface area contributed by atoms with Crippen molar-refractivity contribution in [1.29, 1.82) is 0 Å². The zero-order chi connectivity index (χ0) is 15.9. The molecule has 1 heterocycles. The van der Waals surface area contributed by atoms with Crippen LogP contribution in [-0.4, -0.2) is 18.0 Å². The zero-order valence-corrected chi connectivity index (χ0v) is 14.1. The average Bonchev–Trinajstić information content (AvgIpc) is 2.85. The molecule has 0 saturated heterocycles. The molecule has 118 valence electrons. The van der Waals surface area contributed by atoms with E-state index in [4.69, 9.17) is 4.74 Å². The van der Waals surface area contributed by atoms with Crippen LogP contribution in [0.5, 0.6) is 5.75 Å². The van der Waals surface area contributed by atoms with Gasteiger partial charge in [-0.1, -0.05) is 19.1 Å². The summed E-state index contributed by atoms with van der Waals surface area (Å²) in [6, 6.07) is 7.58. The SMILES string of the molecule is CCCc1nc(C)c(CNC(=O)Cc2cccc(OC)c2)s1. The van der Waals surface area contributed by atoms with E-state index in [0.717, 1.165) is 39.7 Å². The van der Waals surface area contributed by atoms with Gasteiger partial charge in [0.25, 0.3) is 0 Å². The summed E-state index contributed by atoms with van der Waals surface area (Å²) < 4.78 is 5.17. The number of hydrogen-bond acceptors (Lipinski definition) is 4. The molecule has 0 aliphatic heterocycles. The first-order chi connectivity index (χ1) is 10.6. The summed E-state index contributed by atoms with van der Waals surface area (Å²) in [6.45, 7) is 4.70. The molecule has 1 aromatic heterocycles. The summed E-state index contributed by atoms with van der Waals surface area (Å²) in [6.07, 6.45) is 2.45. The van der Waals surface area contributed by atoms with E-state index in [1.807, 2.05) is 31.2 Å². The van der Waals surface area contributed by atoms with Crippen LogP contribution in [0, 0.1) is 6.92 Å². The molecule has 1 aromatic carbocycles. The Morgan fingerprint density at radius 3 is 2.95 bits per heavy atom. The fourth-order valence-corrected chi connectivity index (χ4v) is 3.29. The first kappa shape index (κ1) is 16.5. The standard InChI is InChI=1S/C17H22N2O2S/c1-4-6-17-19-12(2)15(22-17)11-18-16(20)10-13-7-5-8-14(9-13)21-3/h5,7-9H,4,6,10-11H2,1-3H3,(H,18,20). The Morgan fingerprint density at radius 2 is 2.23 bits per heavy atom. The molecule has 22 heavy (non-hydrogen) atoms. The van der Waals surface area contributed by atoms with E-state index in [2.05, 4.69) is 17.2 Å². The third-order valence-electron chi connectivity index (χ3n) is 3.35. The number of hydrogen-bond donors (Lipinski definition) is 1. The second-order valence-corrected chi connectivity index (χ2v) is 6.34. The van der Waals surface area contributed by atoms with E-state index in [0.29, 0.717) is 13.0 Å². The van der Waals surface area contributed by atoms with Crippen LogP contribution >= 0.6 is 11.3 Å². The van der Waals surface area contributed by atoms with Crippen molar-refractivity contribution in [3.8, 4) is 5.75 Å². The van der Waals surface area contributed by atoms with Gasteiger partial charge in [-0.15, -0.1) is 11.3 Å². The van der Waals surface area contributed by atoms with Gasteiger partial charge in [-0.3, -0.25) is 4.79 Å². The minimum atomic E-state index is 0.0121. The second-order valence-electron chi connectivity index (χ2n) is 5.17. The monoisotopic (exact) mass is 318 g/mol. The normalized spacial score (nSPS) is 10.5. The number of rotatable bonds is 7. The summed E-state index contributed by atoms with van der Waals surface area (Å²) >= 11 is 1.69. The Labute approximate surface area is 135 Å². The highest BCUT2D eigenvalue weighted by Gasteiger charge is 2.09. The number of nitrogens with one attached hydrogen (secondary N) is 1. The lowest BCUT2D eigenvalue weighted by molar-refractivity contribution is -0.120. The van der Waals surface area contributed by atoms with Crippen molar-refractivity contribution < 1.29 is 9.53 Å². The second kappa shape index (κ2) is 7.94. The minimum absolute atomic E-state index is 0.0121. The van der Waals surface area contributed by atoms with Crippen molar-refractivity contribution in [3.05, 3.63) is 45.4 Å². The van der Waals surface area contributed by atoms with E-state index in [1.54, 1.807) is 18.4 Å². The molecule has 1 N–H and O–H groups in total. The molecule has 4 nitrogen and oxygen atoms in total. The van der Waals surface area contributed by atoms with Gasteiger partial charge >= 0.3 is 0 Å². The van der Waals surface area contributed by atoms with E-state index in [1.165, 1.54) is 0 Å². The highest BCUT2D eigenvalue weighted by atomic mass is 32.1. The van der Waals surface area contributed by atoms with Gasteiger partial charge in [0.15, 0.2) is 0 Å². The number of aryl methyl sites for hydroxylation is 2. The molecule has 0 radical (unpaired) electrons. The predicted octanol–water partition coefficient (Wildman–Crippen LogP) is 3.27. The fraction of sp³-hybridized carbons (Fsp3) is 0.412. The van der Waals surface area contributed by atoms with Gasteiger partial charge < -0.3 is 10.1 Å². The highest BCUT2D eigenvalue weighted by molar-refractivity contribution is 7.11. The quantitative estimate of drug-likeness (QED) is 0.852. The smallest absolute Gasteiger partial charge is 0.224 e. The maximum atomic E-state index is 12.1. The van der Waals surface area contributed by atoms with Crippen molar-refractivity contribution in [2.45, 2.75) is 39.7 Å². The molecule has 5 heteroatoms. The Morgan fingerprint density at radius 1 is 1.41 bits per heavy atom. The van der Waals surface area contributed by atoms with Gasteiger partial charge in [-0.2, -0.15) is 0 Å². The fourth-order valence-electron chi connectivity index (χ4n) is 2.18. The lowest BCUT2D eigenvalue weighted by Gasteiger charge is -2.06. The largest absolute Gasteiger partial charge is 0.497 e. The molecule has 0 bridgehead atoms. The number of aromatic nitrogens is 1. The molecule has 0 aliphatic rings. The Kier molecular flexibility index (Phi) is 5.95. The van der Waals surface area contributed by atoms with Gasteiger partial charge in [0, 0.05) is 4.88 Å². The van der Waals surface area contributed by atoms with Crippen LogP contribution in [0.1, 0.15) is 34.5 Å². The summed E-state index contributed by atoms with van der Waals surface area (Å²) in [5.74, 6) is 0.783. The van der Waals surface area contributed by atoms with Crippen LogP contribution in [0.4, 0.5) is 0 Å². The first-order valence-electron chi connectivity index (χ1n) is 7.47. The van der Waals surface area contributed by atoms with Gasteiger partial charge in [-0.05, 0) is 37.5 Å². The molecular weight excluding hydrogens is 296 g/mol. The summed E-state index contributed by atoms with van der Waals surface area (Å²) in [7, 11) is 1.62.